The van der Waals surface area contributed by atoms with E-state index in [2.05, 4.69) is 10.4 Å². The Balaban J connectivity index is 1.34. The van der Waals surface area contributed by atoms with Crippen LogP contribution in [0.1, 0.15) is 65.2 Å². The van der Waals surface area contributed by atoms with Crippen molar-refractivity contribution in [2.45, 2.75) is 63.6 Å². The molecule has 1 aliphatic heterocycles. The first-order valence-corrected chi connectivity index (χ1v) is 12.4. The number of nitrogens with one attached hydrogen (secondary N) is 1. The molecule has 1 fully saturated rings. The SMILES string of the molecule is C[C@H](NC(=O)Cc1c(C(F)(F)F)nn2c1N(Cc1ccc(C(F)(F)F)cc1)CC2)c1ccc(C2CC2)cc1. The Bertz CT molecular complexity index is 1310. The van der Waals surface area contributed by atoms with E-state index in [4.69, 9.17) is 0 Å². The van der Waals surface area contributed by atoms with Gasteiger partial charge in [-0.2, -0.15) is 31.4 Å². The second-order valence-corrected chi connectivity index (χ2v) is 9.89. The van der Waals surface area contributed by atoms with Crippen LogP contribution in [0, 0.1) is 0 Å². The van der Waals surface area contributed by atoms with E-state index in [0.717, 1.165) is 17.7 Å². The van der Waals surface area contributed by atoms with Crippen molar-refractivity contribution in [1.29, 1.82) is 0 Å². The number of hydrogen-bond donors (Lipinski definition) is 1. The molecule has 0 unspecified atom stereocenters. The summed E-state index contributed by atoms with van der Waals surface area (Å²) in [6.45, 7) is 2.35. The average Bonchev–Trinajstić information content (AvgIpc) is 3.53. The van der Waals surface area contributed by atoms with Crippen LogP contribution in [0.5, 0.6) is 0 Å². The quantitative estimate of drug-likeness (QED) is 0.364. The van der Waals surface area contributed by atoms with E-state index in [1.165, 1.54) is 35.2 Å². The van der Waals surface area contributed by atoms with E-state index in [-0.39, 0.29) is 24.5 Å². The van der Waals surface area contributed by atoms with Crippen molar-refractivity contribution >= 4 is 11.7 Å². The maximum atomic E-state index is 13.9. The van der Waals surface area contributed by atoms with Crippen molar-refractivity contribution in [3.8, 4) is 0 Å². The van der Waals surface area contributed by atoms with Gasteiger partial charge in [0.2, 0.25) is 5.91 Å². The first-order valence-electron chi connectivity index (χ1n) is 12.4. The minimum absolute atomic E-state index is 0.0828. The lowest BCUT2D eigenvalue weighted by Crippen LogP contribution is -2.30. The molecular formula is C27H26F6N4O. The number of fused-ring (bicyclic) bond motifs is 1. The highest BCUT2D eigenvalue weighted by Gasteiger charge is 2.42. The Hall–Kier alpha value is -3.50. The predicted molar refractivity (Wildman–Crippen MR) is 128 cm³/mol. The predicted octanol–water partition coefficient (Wildman–Crippen LogP) is 6.24. The largest absolute Gasteiger partial charge is 0.435 e. The fraction of sp³-hybridized carbons (Fsp3) is 0.407. The second kappa shape index (κ2) is 9.67. The van der Waals surface area contributed by atoms with Crippen LogP contribution in [-0.2, 0) is 36.7 Å². The highest BCUT2D eigenvalue weighted by Crippen LogP contribution is 2.41. The summed E-state index contributed by atoms with van der Waals surface area (Å²) in [5.41, 5.74) is 0.422. The topological polar surface area (TPSA) is 50.2 Å². The zero-order chi connectivity index (χ0) is 27.2. The number of carbonyl (C=O) groups excluding carboxylic acids is 1. The normalized spacial score (nSPS) is 16.4. The van der Waals surface area contributed by atoms with Crippen molar-refractivity contribution in [3.05, 3.63) is 82.0 Å². The molecule has 1 aromatic heterocycles. The molecule has 11 heteroatoms. The smallest absolute Gasteiger partial charge is 0.350 e. The zero-order valence-corrected chi connectivity index (χ0v) is 20.5. The molecule has 3 aromatic rings. The van der Waals surface area contributed by atoms with Crippen LogP contribution in [0.3, 0.4) is 0 Å². The molecule has 0 spiro atoms. The maximum Gasteiger partial charge on any atom is 0.435 e. The van der Waals surface area contributed by atoms with Crippen LogP contribution >= 0.6 is 0 Å². The van der Waals surface area contributed by atoms with Gasteiger partial charge in [0.1, 0.15) is 5.82 Å². The third-order valence-electron chi connectivity index (χ3n) is 7.03. The monoisotopic (exact) mass is 536 g/mol. The number of rotatable bonds is 7. The van der Waals surface area contributed by atoms with Gasteiger partial charge in [0.15, 0.2) is 5.69 Å². The van der Waals surface area contributed by atoms with Crippen LogP contribution in [0.2, 0.25) is 0 Å². The van der Waals surface area contributed by atoms with Crippen molar-refractivity contribution in [2.75, 3.05) is 11.4 Å². The number of hydrogen-bond acceptors (Lipinski definition) is 3. The number of anilines is 1. The minimum Gasteiger partial charge on any atom is -0.350 e. The molecule has 202 valence electrons. The van der Waals surface area contributed by atoms with Crippen molar-refractivity contribution in [1.82, 2.24) is 15.1 Å². The van der Waals surface area contributed by atoms with Crippen molar-refractivity contribution < 1.29 is 31.1 Å². The van der Waals surface area contributed by atoms with Crippen LogP contribution in [-0.4, -0.2) is 22.2 Å². The van der Waals surface area contributed by atoms with E-state index in [1.54, 1.807) is 11.8 Å². The van der Waals surface area contributed by atoms with E-state index in [0.29, 0.717) is 18.0 Å². The molecular weight excluding hydrogens is 510 g/mol. The molecule has 2 aromatic carbocycles. The Morgan fingerprint density at radius 1 is 0.974 bits per heavy atom. The summed E-state index contributed by atoms with van der Waals surface area (Å²) in [7, 11) is 0. The maximum absolute atomic E-state index is 13.9. The first kappa shape index (κ1) is 26.1. The third-order valence-corrected chi connectivity index (χ3v) is 7.03. The van der Waals surface area contributed by atoms with E-state index in [9.17, 15) is 31.1 Å². The number of benzene rings is 2. The molecule has 1 N–H and O–H groups in total. The molecule has 0 saturated heterocycles. The van der Waals surface area contributed by atoms with Crippen LogP contribution in [0.25, 0.3) is 0 Å². The van der Waals surface area contributed by atoms with Gasteiger partial charge >= 0.3 is 12.4 Å². The van der Waals surface area contributed by atoms with Gasteiger partial charge in [-0.15, -0.1) is 0 Å². The summed E-state index contributed by atoms with van der Waals surface area (Å²) >= 11 is 0. The van der Waals surface area contributed by atoms with E-state index >= 15 is 0 Å². The van der Waals surface area contributed by atoms with Crippen LogP contribution in [0.15, 0.2) is 48.5 Å². The number of amides is 1. The molecule has 2 aliphatic rings. The van der Waals surface area contributed by atoms with Gasteiger partial charge in [0, 0.05) is 18.7 Å². The Labute approximate surface area is 215 Å². The van der Waals surface area contributed by atoms with Gasteiger partial charge in [-0.1, -0.05) is 36.4 Å². The molecule has 1 saturated carbocycles. The molecule has 1 atom stereocenters. The standard InChI is InChI=1S/C27H26F6N4O/c1-16(18-4-6-19(7-5-18)20-8-9-20)34-23(38)14-22-24(27(31,32)33)35-37-13-12-36(25(22)37)15-17-2-10-21(11-3-17)26(28,29)30/h2-7,10-11,16,20H,8-9,12-15H2,1H3,(H,34,38)/t16-/m0/s1. The summed E-state index contributed by atoms with van der Waals surface area (Å²) in [5, 5.41) is 6.53. The lowest BCUT2D eigenvalue weighted by atomic mass is 10.0. The fourth-order valence-corrected chi connectivity index (χ4v) is 4.90. The zero-order valence-electron chi connectivity index (χ0n) is 20.5. The lowest BCUT2D eigenvalue weighted by molar-refractivity contribution is -0.142. The number of carbonyl (C=O) groups is 1. The van der Waals surface area contributed by atoms with E-state index < -0.39 is 42.0 Å². The molecule has 1 aliphatic carbocycles. The summed E-state index contributed by atoms with van der Waals surface area (Å²) in [6, 6.07) is 11.9. The van der Waals surface area contributed by atoms with Crippen LogP contribution in [0.4, 0.5) is 32.2 Å². The Kier molecular flexibility index (Phi) is 6.65. The summed E-state index contributed by atoms with van der Waals surface area (Å²) in [5.74, 6) is 0.171. The van der Waals surface area contributed by atoms with E-state index in [1.807, 2.05) is 24.3 Å². The second-order valence-electron chi connectivity index (χ2n) is 9.89. The number of alkyl halides is 6. The van der Waals surface area contributed by atoms with Crippen molar-refractivity contribution in [3.63, 3.8) is 0 Å². The highest BCUT2D eigenvalue weighted by atomic mass is 19.4. The fourth-order valence-electron chi connectivity index (χ4n) is 4.90. The summed E-state index contributed by atoms with van der Waals surface area (Å²) < 4.78 is 81.5. The Morgan fingerprint density at radius 2 is 1.63 bits per heavy atom. The number of halogens is 6. The lowest BCUT2D eigenvalue weighted by Gasteiger charge is -2.21. The molecule has 5 nitrogen and oxygen atoms in total. The highest BCUT2D eigenvalue weighted by molar-refractivity contribution is 5.81. The van der Waals surface area contributed by atoms with Crippen molar-refractivity contribution in [2.24, 2.45) is 0 Å². The minimum atomic E-state index is -4.77. The molecule has 0 radical (unpaired) electrons. The number of nitrogens with zero attached hydrogens (tertiary/aromatic N) is 3. The molecule has 5 rings (SSSR count). The number of aromatic nitrogens is 2. The summed E-state index contributed by atoms with van der Waals surface area (Å²) in [4.78, 5) is 14.5. The van der Waals surface area contributed by atoms with Crippen LogP contribution < -0.4 is 10.2 Å². The molecule has 1 amide bonds. The van der Waals surface area contributed by atoms with Gasteiger partial charge in [-0.25, -0.2) is 4.68 Å². The van der Waals surface area contributed by atoms with Gasteiger partial charge in [-0.3, -0.25) is 4.79 Å². The molecule has 0 bridgehead atoms. The molecule has 2 heterocycles. The van der Waals surface area contributed by atoms with Gasteiger partial charge in [0.05, 0.1) is 24.6 Å². The molecule has 38 heavy (non-hydrogen) atoms. The Morgan fingerprint density at radius 3 is 2.21 bits per heavy atom. The average molecular weight is 537 g/mol. The first-order chi connectivity index (χ1) is 17.9. The van der Waals surface area contributed by atoms with Gasteiger partial charge in [0.25, 0.3) is 0 Å². The third kappa shape index (κ3) is 5.51. The van der Waals surface area contributed by atoms with Gasteiger partial charge in [-0.05, 0) is 54.5 Å². The summed E-state index contributed by atoms with van der Waals surface area (Å²) in [6.07, 6.45) is -7.45. The van der Waals surface area contributed by atoms with Gasteiger partial charge < -0.3 is 10.2 Å².